The summed E-state index contributed by atoms with van der Waals surface area (Å²) in [4.78, 5) is 20.6. The van der Waals surface area contributed by atoms with Gasteiger partial charge in [0.05, 0.1) is 16.9 Å². The minimum absolute atomic E-state index is 0.0341. The van der Waals surface area contributed by atoms with Crippen LogP contribution in [0.25, 0.3) is 16.2 Å². The molecular weight excluding hydrogens is 394 g/mol. The molecule has 8 heteroatoms. The Morgan fingerprint density at radius 3 is 2.75 bits per heavy atom. The standard InChI is InChI=1S/C20H20ClN5OS/c1-13(2)25(10-14-8-22-24(3)9-14)19(27)18-12-28-20-23-17(11-26(18)20)15-6-4-5-7-16(15)21/h4-9,11-13H,10H2,1-3H3. The Morgan fingerprint density at radius 2 is 2.07 bits per heavy atom. The number of aryl methyl sites for hydroxylation is 1. The molecule has 0 saturated heterocycles. The summed E-state index contributed by atoms with van der Waals surface area (Å²) in [6, 6.07) is 7.63. The molecule has 0 spiro atoms. The number of nitrogens with zero attached hydrogens (tertiary/aromatic N) is 5. The smallest absolute Gasteiger partial charge is 0.272 e. The Kier molecular flexibility index (Phi) is 4.95. The molecular formula is C20H20ClN5OS. The van der Waals surface area contributed by atoms with E-state index in [-0.39, 0.29) is 11.9 Å². The van der Waals surface area contributed by atoms with Gasteiger partial charge >= 0.3 is 0 Å². The minimum Gasteiger partial charge on any atom is -0.330 e. The van der Waals surface area contributed by atoms with Crippen LogP contribution in [0.1, 0.15) is 29.9 Å². The lowest BCUT2D eigenvalue weighted by Gasteiger charge is -2.26. The molecule has 1 amide bonds. The van der Waals surface area contributed by atoms with Crippen molar-refractivity contribution in [2.75, 3.05) is 0 Å². The van der Waals surface area contributed by atoms with Gasteiger partial charge in [0.25, 0.3) is 5.91 Å². The van der Waals surface area contributed by atoms with Crippen molar-refractivity contribution in [2.24, 2.45) is 7.05 Å². The lowest BCUT2D eigenvalue weighted by Crippen LogP contribution is -2.36. The number of rotatable bonds is 5. The topological polar surface area (TPSA) is 55.4 Å². The fourth-order valence-corrected chi connectivity index (χ4v) is 4.20. The first-order chi connectivity index (χ1) is 13.4. The van der Waals surface area contributed by atoms with E-state index in [1.54, 1.807) is 10.9 Å². The number of thiazole rings is 1. The molecule has 0 aliphatic carbocycles. The van der Waals surface area contributed by atoms with Crippen molar-refractivity contribution in [3.8, 4) is 11.3 Å². The number of hydrogen-bond donors (Lipinski definition) is 0. The average molecular weight is 414 g/mol. The van der Waals surface area contributed by atoms with Crippen LogP contribution in [-0.4, -0.2) is 36.0 Å². The quantitative estimate of drug-likeness (QED) is 0.484. The van der Waals surface area contributed by atoms with E-state index in [2.05, 4.69) is 10.1 Å². The van der Waals surface area contributed by atoms with E-state index < -0.39 is 0 Å². The van der Waals surface area contributed by atoms with Gasteiger partial charge in [-0.15, -0.1) is 11.3 Å². The molecule has 6 nitrogen and oxygen atoms in total. The third-order valence-electron chi connectivity index (χ3n) is 4.57. The molecule has 4 aromatic rings. The number of carbonyl (C=O) groups excluding carboxylic acids is 1. The highest BCUT2D eigenvalue weighted by atomic mass is 35.5. The lowest BCUT2D eigenvalue weighted by atomic mass is 10.2. The zero-order valence-electron chi connectivity index (χ0n) is 15.8. The molecule has 4 rings (SSSR count). The molecule has 28 heavy (non-hydrogen) atoms. The van der Waals surface area contributed by atoms with E-state index in [9.17, 15) is 4.79 Å². The Hall–Kier alpha value is -2.64. The summed E-state index contributed by atoms with van der Waals surface area (Å²) in [5, 5.41) is 6.70. The van der Waals surface area contributed by atoms with E-state index in [4.69, 9.17) is 11.6 Å². The minimum atomic E-state index is -0.0341. The van der Waals surface area contributed by atoms with Crippen molar-refractivity contribution in [3.63, 3.8) is 0 Å². The second-order valence-electron chi connectivity index (χ2n) is 6.93. The SMILES string of the molecule is CC(C)N(Cc1cnn(C)c1)C(=O)c1csc2nc(-c3ccccc3Cl)cn12. The van der Waals surface area contributed by atoms with Crippen molar-refractivity contribution in [2.45, 2.75) is 26.4 Å². The van der Waals surface area contributed by atoms with E-state index >= 15 is 0 Å². The van der Waals surface area contributed by atoms with Crippen LogP contribution in [-0.2, 0) is 13.6 Å². The third-order valence-corrected chi connectivity index (χ3v) is 5.74. The molecule has 0 aliphatic rings. The van der Waals surface area contributed by atoms with Gasteiger partial charge in [-0.25, -0.2) is 4.98 Å². The number of aromatic nitrogens is 4. The second kappa shape index (κ2) is 7.41. The molecule has 3 aromatic heterocycles. The predicted octanol–water partition coefficient (Wildman–Crippen LogP) is 4.50. The lowest BCUT2D eigenvalue weighted by molar-refractivity contribution is 0.0683. The summed E-state index contributed by atoms with van der Waals surface area (Å²) in [6.45, 7) is 4.54. The summed E-state index contributed by atoms with van der Waals surface area (Å²) < 4.78 is 3.59. The van der Waals surface area contributed by atoms with Crippen LogP contribution in [0.4, 0.5) is 0 Å². The summed E-state index contributed by atoms with van der Waals surface area (Å²) in [5.41, 5.74) is 3.21. The number of amides is 1. The largest absolute Gasteiger partial charge is 0.330 e. The fraction of sp³-hybridized carbons (Fsp3) is 0.250. The second-order valence-corrected chi connectivity index (χ2v) is 8.17. The summed E-state index contributed by atoms with van der Waals surface area (Å²) in [7, 11) is 1.87. The van der Waals surface area contributed by atoms with Gasteiger partial charge in [-0.05, 0) is 19.9 Å². The average Bonchev–Trinajstić information content (AvgIpc) is 3.35. The highest BCUT2D eigenvalue weighted by Crippen LogP contribution is 2.29. The highest BCUT2D eigenvalue weighted by Gasteiger charge is 2.24. The third kappa shape index (κ3) is 3.43. The van der Waals surface area contributed by atoms with Gasteiger partial charge in [-0.1, -0.05) is 29.8 Å². The Bertz CT molecular complexity index is 1140. The number of carbonyl (C=O) groups is 1. The summed E-state index contributed by atoms with van der Waals surface area (Å²) >= 11 is 7.76. The zero-order chi connectivity index (χ0) is 19.8. The first kappa shape index (κ1) is 18.7. The van der Waals surface area contributed by atoms with E-state index in [1.165, 1.54) is 11.3 Å². The van der Waals surface area contributed by atoms with Gasteiger partial charge in [0.1, 0.15) is 5.69 Å². The van der Waals surface area contributed by atoms with Crippen LogP contribution < -0.4 is 0 Å². The first-order valence-corrected chi connectivity index (χ1v) is 10.2. The number of imidazole rings is 1. The van der Waals surface area contributed by atoms with Crippen LogP contribution in [0.3, 0.4) is 0 Å². The van der Waals surface area contributed by atoms with Gasteiger partial charge in [-0.2, -0.15) is 5.10 Å². The maximum Gasteiger partial charge on any atom is 0.272 e. The number of halogens is 1. The number of benzene rings is 1. The molecule has 0 atom stereocenters. The summed E-state index contributed by atoms with van der Waals surface area (Å²) in [5.74, 6) is -0.0341. The Balaban J connectivity index is 1.69. The molecule has 0 saturated carbocycles. The van der Waals surface area contributed by atoms with Crippen LogP contribution in [0.5, 0.6) is 0 Å². The highest BCUT2D eigenvalue weighted by molar-refractivity contribution is 7.15. The monoisotopic (exact) mass is 413 g/mol. The normalized spacial score (nSPS) is 11.5. The zero-order valence-corrected chi connectivity index (χ0v) is 17.4. The van der Waals surface area contributed by atoms with Gasteiger partial charge in [0, 0.05) is 48.5 Å². The van der Waals surface area contributed by atoms with Crippen LogP contribution >= 0.6 is 22.9 Å². The molecule has 144 valence electrons. The van der Waals surface area contributed by atoms with E-state index in [1.807, 2.05) is 72.2 Å². The van der Waals surface area contributed by atoms with Gasteiger partial charge in [-0.3, -0.25) is 13.9 Å². The summed E-state index contributed by atoms with van der Waals surface area (Å²) in [6.07, 6.45) is 5.60. The predicted molar refractivity (Wildman–Crippen MR) is 112 cm³/mol. The number of hydrogen-bond acceptors (Lipinski definition) is 4. The fourth-order valence-electron chi connectivity index (χ4n) is 3.12. The van der Waals surface area contributed by atoms with E-state index in [0.717, 1.165) is 21.8 Å². The molecule has 3 heterocycles. The molecule has 0 bridgehead atoms. The molecule has 0 N–H and O–H groups in total. The molecule has 0 fully saturated rings. The van der Waals surface area contributed by atoms with Gasteiger partial charge < -0.3 is 4.90 Å². The van der Waals surface area contributed by atoms with Gasteiger partial charge in [0.15, 0.2) is 4.96 Å². The molecule has 1 aromatic carbocycles. The van der Waals surface area contributed by atoms with Crippen molar-refractivity contribution in [1.29, 1.82) is 0 Å². The molecule has 0 unspecified atom stereocenters. The van der Waals surface area contributed by atoms with E-state index in [0.29, 0.717) is 17.3 Å². The van der Waals surface area contributed by atoms with Crippen LogP contribution in [0.15, 0.2) is 48.2 Å². The van der Waals surface area contributed by atoms with Crippen molar-refractivity contribution in [1.82, 2.24) is 24.1 Å². The van der Waals surface area contributed by atoms with Crippen LogP contribution in [0.2, 0.25) is 5.02 Å². The van der Waals surface area contributed by atoms with Gasteiger partial charge in [0.2, 0.25) is 0 Å². The van der Waals surface area contributed by atoms with Crippen LogP contribution in [0, 0.1) is 0 Å². The Labute approximate surface area is 172 Å². The van der Waals surface area contributed by atoms with Crippen molar-refractivity contribution >= 4 is 33.8 Å². The first-order valence-electron chi connectivity index (χ1n) is 8.94. The Morgan fingerprint density at radius 1 is 1.29 bits per heavy atom. The van der Waals surface area contributed by atoms with Crippen molar-refractivity contribution in [3.05, 3.63) is 64.5 Å². The maximum atomic E-state index is 13.3. The molecule has 0 radical (unpaired) electrons. The number of fused-ring (bicyclic) bond motifs is 1. The van der Waals surface area contributed by atoms with Crippen molar-refractivity contribution < 1.29 is 4.79 Å². The molecule has 0 aliphatic heterocycles. The maximum absolute atomic E-state index is 13.3.